The van der Waals surface area contributed by atoms with E-state index in [0.717, 1.165) is 0 Å². The molecular weight excluding hydrogens is 371 g/mol. The third-order valence-electron chi connectivity index (χ3n) is 4.20. The fraction of sp³-hybridized carbons (Fsp3) is 0.211. The van der Waals surface area contributed by atoms with E-state index in [1.165, 1.54) is 18.2 Å². The maximum Gasteiger partial charge on any atom is 0.311 e. The van der Waals surface area contributed by atoms with Crippen LogP contribution in [-0.2, 0) is 0 Å². The second-order valence-corrected chi connectivity index (χ2v) is 6.33. The van der Waals surface area contributed by atoms with Gasteiger partial charge in [0.2, 0.25) is 5.82 Å². The fourth-order valence-corrected chi connectivity index (χ4v) is 2.93. The molecule has 27 heavy (non-hydrogen) atoms. The van der Waals surface area contributed by atoms with Gasteiger partial charge in [0.05, 0.1) is 16.2 Å². The van der Waals surface area contributed by atoms with E-state index in [4.69, 9.17) is 11.6 Å². The van der Waals surface area contributed by atoms with Crippen LogP contribution in [0.15, 0.2) is 48.8 Å². The van der Waals surface area contributed by atoms with Crippen molar-refractivity contribution in [2.24, 2.45) is 0 Å². The number of pyridine rings is 1. The first-order valence-electron chi connectivity index (χ1n) is 8.21. The first-order valence-corrected chi connectivity index (χ1v) is 8.59. The molecule has 2 aromatic rings. The highest BCUT2D eigenvalue weighted by Gasteiger charge is 2.24. The number of nitro groups is 1. The summed E-state index contributed by atoms with van der Waals surface area (Å²) in [4.78, 5) is 18.7. The molecule has 0 aliphatic carbocycles. The molecule has 6 nitrogen and oxygen atoms in total. The van der Waals surface area contributed by atoms with Gasteiger partial charge in [-0.05, 0) is 30.2 Å². The van der Waals surface area contributed by atoms with Crippen molar-refractivity contribution >= 4 is 23.1 Å². The third kappa shape index (κ3) is 4.36. The molecule has 0 bridgehead atoms. The zero-order valence-electron chi connectivity index (χ0n) is 14.4. The first kappa shape index (κ1) is 18.7. The zero-order valence-corrected chi connectivity index (χ0v) is 15.1. The molecule has 1 aromatic carbocycles. The van der Waals surface area contributed by atoms with Crippen LogP contribution >= 0.6 is 11.6 Å². The average molecular weight is 387 g/mol. The molecular formula is C19H16ClFN4O2. The molecule has 1 aliphatic rings. The van der Waals surface area contributed by atoms with Gasteiger partial charge in [-0.3, -0.25) is 10.1 Å². The lowest BCUT2D eigenvalue weighted by Crippen LogP contribution is -2.46. The van der Waals surface area contributed by atoms with Crippen LogP contribution in [0, 0.1) is 27.8 Å². The summed E-state index contributed by atoms with van der Waals surface area (Å²) in [5.41, 5.74) is 0.811. The minimum atomic E-state index is -0.477. The van der Waals surface area contributed by atoms with Gasteiger partial charge in [-0.25, -0.2) is 9.37 Å². The molecule has 0 saturated carbocycles. The van der Waals surface area contributed by atoms with Crippen LogP contribution in [0.25, 0.3) is 0 Å². The van der Waals surface area contributed by atoms with Crippen molar-refractivity contribution in [3.63, 3.8) is 0 Å². The Morgan fingerprint density at radius 1 is 1.30 bits per heavy atom. The molecule has 138 valence electrons. The van der Waals surface area contributed by atoms with Gasteiger partial charge in [0.1, 0.15) is 5.82 Å². The van der Waals surface area contributed by atoms with Gasteiger partial charge in [0, 0.05) is 43.5 Å². The van der Waals surface area contributed by atoms with Gasteiger partial charge in [-0.2, -0.15) is 0 Å². The van der Waals surface area contributed by atoms with Crippen LogP contribution < -0.4 is 4.90 Å². The minimum Gasteiger partial charge on any atom is -0.362 e. The highest BCUT2D eigenvalue weighted by atomic mass is 35.5. The second kappa shape index (κ2) is 8.06. The fourth-order valence-electron chi connectivity index (χ4n) is 2.77. The van der Waals surface area contributed by atoms with Gasteiger partial charge in [0.15, 0.2) is 0 Å². The molecule has 0 N–H and O–H groups in total. The summed E-state index contributed by atoms with van der Waals surface area (Å²) in [5.74, 6) is 5.52. The Hall–Kier alpha value is -3.11. The highest BCUT2D eigenvalue weighted by molar-refractivity contribution is 6.30. The van der Waals surface area contributed by atoms with E-state index in [9.17, 15) is 14.5 Å². The van der Waals surface area contributed by atoms with Crippen LogP contribution in [-0.4, -0.2) is 41.0 Å². The quantitative estimate of drug-likeness (QED) is 0.459. The van der Waals surface area contributed by atoms with Crippen molar-refractivity contribution in [1.29, 1.82) is 0 Å². The summed E-state index contributed by atoms with van der Waals surface area (Å²) in [6.45, 7) is 6.22. The van der Waals surface area contributed by atoms with Crippen molar-refractivity contribution in [1.82, 2.24) is 9.88 Å². The molecule has 8 heteroatoms. The summed E-state index contributed by atoms with van der Waals surface area (Å²) in [5, 5.41) is 11.5. The summed E-state index contributed by atoms with van der Waals surface area (Å²) in [7, 11) is 0. The highest BCUT2D eigenvalue weighted by Crippen LogP contribution is 2.26. The Balaban J connectivity index is 1.65. The van der Waals surface area contributed by atoms with Crippen LogP contribution in [0.3, 0.4) is 0 Å². The van der Waals surface area contributed by atoms with E-state index in [0.29, 0.717) is 42.7 Å². The van der Waals surface area contributed by atoms with Crippen molar-refractivity contribution in [3.8, 4) is 11.8 Å². The van der Waals surface area contributed by atoms with Crippen LogP contribution in [0.2, 0.25) is 5.02 Å². The lowest BCUT2D eigenvalue weighted by Gasteiger charge is -2.35. The van der Waals surface area contributed by atoms with Gasteiger partial charge in [-0.1, -0.05) is 24.1 Å². The smallest absolute Gasteiger partial charge is 0.311 e. The summed E-state index contributed by atoms with van der Waals surface area (Å²) in [6.07, 6.45) is 1.54. The Kier molecular flexibility index (Phi) is 5.57. The predicted octanol–water partition coefficient (Wildman–Crippen LogP) is 3.47. The lowest BCUT2D eigenvalue weighted by atomic mass is 10.2. The molecule has 0 atom stereocenters. The largest absolute Gasteiger partial charge is 0.362 e. The molecule has 0 radical (unpaired) electrons. The van der Waals surface area contributed by atoms with Crippen LogP contribution in [0.4, 0.5) is 15.9 Å². The number of hydrogen-bond acceptors (Lipinski definition) is 5. The Morgan fingerprint density at radius 3 is 2.70 bits per heavy atom. The number of hydrogen-bond donors (Lipinski definition) is 0. The number of aromatic nitrogens is 1. The van der Waals surface area contributed by atoms with Crippen molar-refractivity contribution in [3.05, 3.63) is 75.3 Å². The van der Waals surface area contributed by atoms with Gasteiger partial charge >= 0.3 is 5.69 Å². The van der Waals surface area contributed by atoms with E-state index in [1.807, 2.05) is 9.80 Å². The zero-order chi connectivity index (χ0) is 19.4. The normalized spacial score (nSPS) is 13.7. The molecule has 0 amide bonds. The van der Waals surface area contributed by atoms with Crippen LogP contribution in [0.5, 0.6) is 0 Å². The van der Waals surface area contributed by atoms with E-state index in [-0.39, 0.29) is 11.3 Å². The predicted molar refractivity (Wildman–Crippen MR) is 102 cm³/mol. The molecule has 0 unspecified atom stereocenters. The Bertz CT molecular complexity index is 946. The van der Waals surface area contributed by atoms with E-state index in [2.05, 4.69) is 23.4 Å². The Morgan fingerprint density at radius 2 is 2.04 bits per heavy atom. The molecule has 0 spiro atoms. The standard InChI is InChI=1S/C19H16ClFN4O2/c1-14(4-5-15-6-7-16(20)13-17(15)21)23-9-11-24(12-10-23)19-18(25(26)27)3-2-8-22-19/h2-3,6-8,13H,1,9-12H2. The monoisotopic (exact) mass is 386 g/mol. The van der Waals surface area contributed by atoms with Crippen molar-refractivity contribution < 1.29 is 9.31 Å². The number of benzene rings is 1. The summed E-state index contributed by atoms with van der Waals surface area (Å²) < 4.78 is 13.8. The maximum absolute atomic E-state index is 13.8. The minimum absolute atomic E-state index is 0.0113. The maximum atomic E-state index is 13.8. The molecule has 2 heterocycles. The third-order valence-corrected chi connectivity index (χ3v) is 4.43. The number of nitrogens with zero attached hydrogens (tertiary/aromatic N) is 4. The first-order chi connectivity index (χ1) is 13.0. The molecule has 1 aromatic heterocycles. The van der Waals surface area contributed by atoms with Crippen LogP contribution in [0.1, 0.15) is 5.56 Å². The van der Waals surface area contributed by atoms with Crippen molar-refractivity contribution in [2.75, 3.05) is 31.1 Å². The topological polar surface area (TPSA) is 62.5 Å². The number of anilines is 1. The summed E-state index contributed by atoms with van der Waals surface area (Å²) in [6, 6.07) is 7.31. The average Bonchev–Trinajstić information content (AvgIpc) is 2.67. The second-order valence-electron chi connectivity index (χ2n) is 5.90. The van der Waals surface area contributed by atoms with E-state index < -0.39 is 10.7 Å². The molecule has 1 saturated heterocycles. The summed E-state index contributed by atoms with van der Waals surface area (Å²) >= 11 is 5.73. The van der Waals surface area contributed by atoms with Gasteiger partial charge in [-0.15, -0.1) is 0 Å². The Labute approximate surface area is 161 Å². The van der Waals surface area contributed by atoms with E-state index in [1.54, 1.807) is 18.3 Å². The van der Waals surface area contributed by atoms with Gasteiger partial charge < -0.3 is 9.80 Å². The van der Waals surface area contributed by atoms with E-state index >= 15 is 0 Å². The van der Waals surface area contributed by atoms with Gasteiger partial charge in [0.25, 0.3) is 0 Å². The lowest BCUT2D eigenvalue weighted by molar-refractivity contribution is -0.384. The molecule has 1 fully saturated rings. The number of rotatable bonds is 3. The van der Waals surface area contributed by atoms with Crippen molar-refractivity contribution in [2.45, 2.75) is 0 Å². The molecule has 3 rings (SSSR count). The molecule has 1 aliphatic heterocycles. The number of piperazine rings is 1. The number of halogens is 2. The SMILES string of the molecule is C=C(C#Cc1ccc(Cl)cc1F)N1CCN(c2ncccc2[N+](=O)[O-])CC1. The number of allylic oxidation sites excluding steroid dienone is 1.